The maximum absolute atomic E-state index is 12.1. The van der Waals surface area contributed by atoms with Crippen molar-refractivity contribution in [2.75, 3.05) is 6.61 Å². The average Bonchev–Trinajstić information content (AvgIpc) is 2.74. The third-order valence-corrected chi connectivity index (χ3v) is 4.53. The quantitative estimate of drug-likeness (QED) is 0.515. The fourth-order valence-electron chi connectivity index (χ4n) is 2.67. The number of β-lactam (4-membered cyclic amide) rings is 1. The molecule has 2 rings (SSSR count). The number of rotatable bonds is 7. The van der Waals surface area contributed by atoms with Crippen LogP contribution >= 0.6 is 11.8 Å². The van der Waals surface area contributed by atoms with Gasteiger partial charge in [-0.15, -0.1) is 11.8 Å². The molecule has 0 spiro atoms. The number of amides is 1. The lowest BCUT2D eigenvalue weighted by molar-refractivity contribution is -0.165. The molecule has 0 aliphatic carbocycles. The van der Waals surface area contributed by atoms with Gasteiger partial charge in [0.05, 0.1) is 18.6 Å². The number of hydrogen-bond acceptors (Lipinski definition) is 6. The van der Waals surface area contributed by atoms with Crippen LogP contribution in [-0.4, -0.2) is 52.2 Å². The van der Waals surface area contributed by atoms with E-state index in [9.17, 15) is 19.5 Å². The smallest absolute Gasteiger partial charge is 0.353 e. The van der Waals surface area contributed by atoms with Crippen molar-refractivity contribution < 1.29 is 29.3 Å². The number of fused-ring (bicyclic) bond motifs is 1. The number of carboxylic acids is 1. The Balaban J connectivity index is 2.18. The number of aliphatic hydroxyl groups excluding tert-OH is 1. The van der Waals surface area contributed by atoms with Gasteiger partial charge in [0.15, 0.2) is 0 Å². The van der Waals surface area contributed by atoms with Gasteiger partial charge in [-0.05, 0) is 12.3 Å². The van der Waals surface area contributed by atoms with E-state index in [0.717, 1.165) is 0 Å². The molecule has 1 amide bonds. The van der Waals surface area contributed by atoms with Crippen LogP contribution in [0.25, 0.3) is 0 Å². The number of aliphatic carboxylic acids is 1. The Labute approximate surface area is 125 Å². The lowest BCUT2D eigenvalue weighted by atomic mass is 9.83. The summed E-state index contributed by atoms with van der Waals surface area (Å²) in [4.78, 5) is 35.7. The molecular weight excluding hydrogens is 298 g/mol. The standard InChI is InChI=1S/C13H15NO6S/c1-7(20-6-16)10-8-5-9(21-4-2-3-15)11(13(18)19)14(8)12(10)17/h2,4,6-8,10,15H,3,5H2,1H3,(H,18,19)/b4-2+/t7-,8-,10-/m1/s1. The summed E-state index contributed by atoms with van der Waals surface area (Å²) in [7, 11) is 0. The van der Waals surface area contributed by atoms with E-state index in [2.05, 4.69) is 0 Å². The first-order valence-corrected chi connectivity index (χ1v) is 7.22. The SMILES string of the molecule is C[C@@H](OC=O)[C@H]1C(=O)N2C(C(=O)O)=C(S/C=C/CO)C[C@H]12. The summed E-state index contributed by atoms with van der Waals surface area (Å²) >= 11 is 1.18. The number of ether oxygens (including phenoxy) is 1. The predicted molar refractivity (Wildman–Crippen MR) is 73.8 cm³/mol. The van der Waals surface area contributed by atoms with Crippen LogP contribution in [0.1, 0.15) is 13.3 Å². The molecule has 0 aromatic heterocycles. The van der Waals surface area contributed by atoms with Gasteiger partial charge in [-0.25, -0.2) is 4.79 Å². The van der Waals surface area contributed by atoms with Gasteiger partial charge >= 0.3 is 5.97 Å². The zero-order valence-corrected chi connectivity index (χ0v) is 12.1. The summed E-state index contributed by atoms with van der Waals surface area (Å²) in [5, 5.41) is 19.6. The highest BCUT2D eigenvalue weighted by Crippen LogP contribution is 2.47. The summed E-state index contributed by atoms with van der Waals surface area (Å²) in [6.45, 7) is 1.77. The summed E-state index contributed by atoms with van der Waals surface area (Å²) in [6.07, 6.45) is 1.32. The van der Waals surface area contributed by atoms with E-state index in [-0.39, 0.29) is 24.3 Å². The van der Waals surface area contributed by atoms with Gasteiger partial charge in [-0.2, -0.15) is 0 Å². The van der Waals surface area contributed by atoms with Crippen LogP contribution < -0.4 is 0 Å². The normalized spacial score (nSPS) is 25.8. The third kappa shape index (κ3) is 2.68. The number of carbonyl (C=O) groups is 3. The van der Waals surface area contributed by atoms with Gasteiger partial charge < -0.3 is 19.8 Å². The minimum Gasteiger partial charge on any atom is -0.477 e. The molecule has 0 aromatic rings. The van der Waals surface area contributed by atoms with Crippen LogP contribution in [0.15, 0.2) is 22.1 Å². The lowest BCUT2D eigenvalue weighted by Gasteiger charge is -2.45. The minimum atomic E-state index is -1.16. The molecule has 3 atom stereocenters. The van der Waals surface area contributed by atoms with Gasteiger partial charge in [-0.1, -0.05) is 6.08 Å². The van der Waals surface area contributed by atoms with Crippen molar-refractivity contribution >= 4 is 30.1 Å². The van der Waals surface area contributed by atoms with Crippen LogP contribution in [0.5, 0.6) is 0 Å². The van der Waals surface area contributed by atoms with Crippen molar-refractivity contribution in [3.05, 3.63) is 22.1 Å². The van der Waals surface area contributed by atoms with Crippen LogP contribution in [0, 0.1) is 5.92 Å². The van der Waals surface area contributed by atoms with Crippen molar-refractivity contribution in [2.24, 2.45) is 5.92 Å². The number of thioether (sulfide) groups is 1. The Morgan fingerprint density at radius 3 is 2.90 bits per heavy atom. The summed E-state index contributed by atoms with van der Waals surface area (Å²) in [5.41, 5.74) is -0.0212. The fourth-order valence-corrected chi connectivity index (χ4v) is 3.58. The fraction of sp³-hybridized carbons (Fsp3) is 0.462. The summed E-state index contributed by atoms with van der Waals surface area (Å²) in [5.74, 6) is -2.01. The topological polar surface area (TPSA) is 104 Å². The van der Waals surface area contributed by atoms with Crippen molar-refractivity contribution in [1.29, 1.82) is 0 Å². The molecule has 0 bridgehead atoms. The monoisotopic (exact) mass is 313 g/mol. The Bertz CT molecular complexity index is 529. The van der Waals surface area contributed by atoms with E-state index >= 15 is 0 Å². The van der Waals surface area contributed by atoms with E-state index in [0.29, 0.717) is 17.8 Å². The zero-order valence-electron chi connectivity index (χ0n) is 11.3. The first-order valence-electron chi connectivity index (χ1n) is 6.34. The van der Waals surface area contributed by atoms with Gasteiger partial charge in [0, 0.05) is 11.3 Å². The number of nitrogens with zero attached hydrogens (tertiary/aromatic N) is 1. The molecular formula is C13H15NO6S. The second-order valence-corrected chi connectivity index (χ2v) is 5.69. The maximum Gasteiger partial charge on any atom is 0.353 e. The molecule has 8 heteroatoms. The molecule has 114 valence electrons. The molecule has 0 saturated carbocycles. The van der Waals surface area contributed by atoms with E-state index < -0.39 is 18.0 Å². The molecule has 21 heavy (non-hydrogen) atoms. The molecule has 0 aromatic carbocycles. The number of aliphatic hydroxyl groups is 1. The molecule has 1 fully saturated rings. The van der Waals surface area contributed by atoms with E-state index in [1.807, 2.05) is 0 Å². The van der Waals surface area contributed by atoms with E-state index in [4.69, 9.17) is 9.84 Å². The molecule has 2 heterocycles. The second-order valence-electron chi connectivity index (χ2n) is 4.69. The highest BCUT2D eigenvalue weighted by molar-refractivity contribution is 8.05. The molecule has 0 radical (unpaired) electrons. The van der Waals surface area contributed by atoms with Crippen LogP contribution in [0.2, 0.25) is 0 Å². The van der Waals surface area contributed by atoms with Gasteiger partial charge in [0.1, 0.15) is 11.8 Å². The molecule has 2 aliphatic rings. The van der Waals surface area contributed by atoms with Gasteiger partial charge in [0.2, 0.25) is 5.91 Å². The number of carbonyl (C=O) groups excluding carboxylic acids is 2. The highest BCUT2D eigenvalue weighted by atomic mass is 32.2. The Morgan fingerprint density at radius 1 is 1.62 bits per heavy atom. The number of carboxylic acid groups (broad SMARTS) is 1. The molecule has 2 N–H and O–H groups in total. The third-order valence-electron chi connectivity index (χ3n) is 3.56. The highest BCUT2D eigenvalue weighted by Gasteiger charge is 2.57. The minimum absolute atomic E-state index is 0.0212. The second kappa shape index (κ2) is 6.31. The van der Waals surface area contributed by atoms with Gasteiger partial charge in [0.25, 0.3) is 6.47 Å². The van der Waals surface area contributed by atoms with Crippen LogP contribution in [-0.2, 0) is 19.1 Å². The maximum atomic E-state index is 12.1. The van der Waals surface area contributed by atoms with Crippen LogP contribution in [0.4, 0.5) is 0 Å². The molecule has 2 aliphatic heterocycles. The van der Waals surface area contributed by atoms with Crippen molar-refractivity contribution in [1.82, 2.24) is 4.90 Å². The van der Waals surface area contributed by atoms with E-state index in [1.54, 1.807) is 12.3 Å². The first-order chi connectivity index (χ1) is 10.0. The Hall–Kier alpha value is -1.80. The molecule has 7 nitrogen and oxygen atoms in total. The molecule has 0 unspecified atom stereocenters. The Kier molecular flexibility index (Phi) is 4.69. The predicted octanol–water partition coefficient (Wildman–Crippen LogP) is 0.314. The largest absolute Gasteiger partial charge is 0.477 e. The average molecular weight is 313 g/mol. The molecule has 1 saturated heterocycles. The van der Waals surface area contributed by atoms with Crippen molar-refractivity contribution in [2.45, 2.75) is 25.5 Å². The van der Waals surface area contributed by atoms with Crippen molar-refractivity contribution in [3.8, 4) is 0 Å². The van der Waals surface area contributed by atoms with Crippen LogP contribution in [0.3, 0.4) is 0 Å². The summed E-state index contributed by atoms with van der Waals surface area (Å²) < 4.78 is 4.81. The Morgan fingerprint density at radius 2 is 2.33 bits per heavy atom. The van der Waals surface area contributed by atoms with Crippen molar-refractivity contribution in [3.63, 3.8) is 0 Å². The summed E-state index contributed by atoms with van der Waals surface area (Å²) in [6, 6.07) is -0.288. The number of hydrogen-bond donors (Lipinski definition) is 2. The lowest BCUT2D eigenvalue weighted by Crippen LogP contribution is -2.62. The van der Waals surface area contributed by atoms with Gasteiger partial charge in [-0.3, -0.25) is 9.59 Å². The van der Waals surface area contributed by atoms with E-state index in [1.165, 1.54) is 22.7 Å². The first kappa shape index (κ1) is 15.6. The zero-order chi connectivity index (χ0) is 15.6.